The largest absolute Gasteiger partial charge is 0.493 e. The van der Waals surface area contributed by atoms with Gasteiger partial charge in [-0.25, -0.2) is 4.98 Å². The fraction of sp³-hybridized carbons (Fsp3) is 0.174. The van der Waals surface area contributed by atoms with Gasteiger partial charge in [0.25, 0.3) is 5.69 Å². The Hall–Kier alpha value is -5.09. The second kappa shape index (κ2) is 11.4. The van der Waals surface area contributed by atoms with Crippen LogP contribution in [0.25, 0.3) is 0 Å². The van der Waals surface area contributed by atoms with Crippen LogP contribution in [-0.2, 0) is 11.3 Å². The molecule has 13 heteroatoms. The van der Waals surface area contributed by atoms with Crippen molar-refractivity contribution in [3.8, 4) is 23.3 Å². The second-order valence-corrected chi connectivity index (χ2v) is 7.24. The van der Waals surface area contributed by atoms with Crippen molar-refractivity contribution in [3.63, 3.8) is 0 Å². The Morgan fingerprint density at radius 3 is 2.47 bits per heavy atom. The molecule has 0 aliphatic carbocycles. The molecule has 3 aromatic rings. The molecule has 0 saturated carbocycles. The van der Waals surface area contributed by atoms with E-state index in [1.807, 2.05) is 0 Å². The van der Waals surface area contributed by atoms with Crippen molar-refractivity contribution < 1.29 is 24.1 Å². The molecule has 36 heavy (non-hydrogen) atoms. The van der Waals surface area contributed by atoms with Gasteiger partial charge >= 0.3 is 5.69 Å². The quantitative estimate of drug-likeness (QED) is 0.241. The van der Waals surface area contributed by atoms with E-state index in [-0.39, 0.29) is 29.7 Å². The number of hydrogen-bond donors (Lipinski definition) is 1. The van der Waals surface area contributed by atoms with Crippen LogP contribution in [0.5, 0.6) is 17.2 Å². The first kappa shape index (κ1) is 25.5. The summed E-state index contributed by atoms with van der Waals surface area (Å²) in [5.41, 5.74) is 4.01. The number of nitrogens with one attached hydrogen (secondary N) is 1. The van der Waals surface area contributed by atoms with Crippen molar-refractivity contribution in [1.29, 1.82) is 5.26 Å². The molecule has 1 heterocycles. The zero-order chi connectivity index (χ0) is 26.2. The number of hydrazone groups is 1. The van der Waals surface area contributed by atoms with Gasteiger partial charge in [-0.2, -0.15) is 10.4 Å². The lowest BCUT2D eigenvalue weighted by Gasteiger charge is -2.11. The molecule has 0 spiro atoms. The fourth-order valence-corrected chi connectivity index (χ4v) is 3.20. The molecular formula is C23H20N6O7. The lowest BCUT2D eigenvalue weighted by atomic mass is 10.1. The lowest BCUT2D eigenvalue weighted by Crippen LogP contribution is -2.03. The molecule has 3 rings (SSSR count). The Labute approximate surface area is 204 Å². The molecule has 2 aromatic carbocycles. The molecule has 0 saturated heterocycles. The third-order valence-electron chi connectivity index (χ3n) is 4.78. The highest BCUT2D eigenvalue weighted by Crippen LogP contribution is 2.38. The van der Waals surface area contributed by atoms with Gasteiger partial charge in [0, 0.05) is 24.4 Å². The molecule has 0 radical (unpaired) electrons. The average molecular weight is 492 g/mol. The summed E-state index contributed by atoms with van der Waals surface area (Å²) in [5.74, 6) is 0.475. The number of nitriles is 1. The number of rotatable bonds is 10. The summed E-state index contributed by atoms with van der Waals surface area (Å²) < 4.78 is 16.1. The maximum atomic E-state index is 11.4. The number of nitro benzene ring substituents is 2. The van der Waals surface area contributed by atoms with Gasteiger partial charge in [0.15, 0.2) is 17.3 Å². The zero-order valence-electron chi connectivity index (χ0n) is 19.4. The molecule has 0 atom stereocenters. The first-order valence-corrected chi connectivity index (χ1v) is 10.2. The van der Waals surface area contributed by atoms with Crippen LogP contribution in [0.15, 0.2) is 47.6 Å². The number of nitrogens with zero attached hydrogens (tertiary/aromatic N) is 5. The van der Waals surface area contributed by atoms with Crippen molar-refractivity contribution in [2.75, 3.05) is 19.6 Å². The first-order chi connectivity index (χ1) is 17.3. The summed E-state index contributed by atoms with van der Waals surface area (Å²) in [5, 5.41) is 36.0. The third kappa shape index (κ3) is 5.88. The molecule has 0 fully saturated rings. The zero-order valence-corrected chi connectivity index (χ0v) is 19.4. The lowest BCUT2D eigenvalue weighted by molar-refractivity contribution is -0.394. The number of anilines is 1. The molecular weight excluding hydrogens is 472 g/mol. The number of aromatic nitrogens is 1. The van der Waals surface area contributed by atoms with Crippen LogP contribution < -0.4 is 14.9 Å². The summed E-state index contributed by atoms with van der Waals surface area (Å²) in [7, 11) is 2.92. The minimum atomic E-state index is -0.769. The second-order valence-electron chi connectivity index (χ2n) is 7.24. The van der Waals surface area contributed by atoms with Gasteiger partial charge in [-0.15, -0.1) is 0 Å². The first-order valence-electron chi connectivity index (χ1n) is 10.2. The van der Waals surface area contributed by atoms with Gasteiger partial charge in [-0.3, -0.25) is 25.7 Å². The number of hydrogen-bond acceptors (Lipinski definition) is 11. The Morgan fingerprint density at radius 1 is 1.08 bits per heavy atom. The molecule has 13 nitrogen and oxygen atoms in total. The Morgan fingerprint density at radius 2 is 1.83 bits per heavy atom. The van der Waals surface area contributed by atoms with Crippen LogP contribution in [0.1, 0.15) is 22.4 Å². The van der Waals surface area contributed by atoms with Gasteiger partial charge in [0.1, 0.15) is 11.6 Å². The van der Waals surface area contributed by atoms with Crippen molar-refractivity contribution >= 4 is 23.4 Å². The molecule has 1 N–H and O–H groups in total. The number of non-ortho nitro benzene ring substituents is 1. The number of benzene rings is 2. The normalized spacial score (nSPS) is 10.6. The van der Waals surface area contributed by atoms with Gasteiger partial charge < -0.3 is 14.2 Å². The fourth-order valence-electron chi connectivity index (χ4n) is 3.20. The van der Waals surface area contributed by atoms with Gasteiger partial charge in [-0.05, 0) is 42.8 Å². The Balaban J connectivity index is 1.84. The number of pyridine rings is 1. The van der Waals surface area contributed by atoms with Crippen LogP contribution in [0.3, 0.4) is 0 Å². The van der Waals surface area contributed by atoms with E-state index in [1.165, 1.54) is 26.5 Å². The molecule has 184 valence electrons. The van der Waals surface area contributed by atoms with Crippen LogP contribution >= 0.6 is 0 Å². The summed E-state index contributed by atoms with van der Waals surface area (Å²) >= 11 is 0. The van der Waals surface area contributed by atoms with E-state index in [1.54, 1.807) is 25.1 Å². The highest BCUT2D eigenvalue weighted by Gasteiger charge is 2.22. The predicted octanol–water partition coefficient (Wildman–Crippen LogP) is 4.47. The monoisotopic (exact) mass is 492 g/mol. The van der Waals surface area contributed by atoms with Crippen molar-refractivity contribution in [2.24, 2.45) is 5.10 Å². The van der Waals surface area contributed by atoms with Gasteiger partial charge in [-0.1, -0.05) is 0 Å². The van der Waals surface area contributed by atoms with Crippen LogP contribution in [0.2, 0.25) is 0 Å². The van der Waals surface area contributed by atoms with E-state index < -0.39 is 21.2 Å². The Kier molecular flexibility index (Phi) is 8.06. The van der Waals surface area contributed by atoms with E-state index in [2.05, 4.69) is 21.6 Å². The van der Waals surface area contributed by atoms with E-state index in [0.717, 1.165) is 18.2 Å². The minimum absolute atomic E-state index is 0.149. The molecule has 0 amide bonds. The molecule has 1 aromatic heterocycles. The highest BCUT2D eigenvalue weighted by molar-refractivity contribution is 5.81. The number of ether oxygens (including phenoxy) is 3. The van der Waals surface area contributed by atoms with E-state index in [9.17, 15) is 25.5 Å². The predicted molar refractivity (Wildman–Crippen MR) is 128 cm³/mol. The summed E-state index contributed by atoms with van der Waals surface area (Å²) in [6.07, 6.45) is 1.46. The number of aryl methyl sites for hydroxylation is 1. The molecule has 0 bridgehead atoms. The van der Waals surface area contributed by atoms with E-state index in [4.69, 9.17) is 14.2 Å². The summed E-state index contributed by atoms with van der Waals surface area (Å²) in [4.78, 5) is 25.1. The van der Waals surface area contributed by atoms with Crippen LogP contribution in [0, 0.1) is 38.5 Å². The SMILES string of the molecule is COCc1cc(C)nc(N/N=C/c2ccc(Oc3ccc([N+](=O)[O-])cc3[N+](=O)[O-])c(OC)c2)c1C#N. The van der Waals surface area contributed by atoms with Crippen LogP contribution in [0.4, 0.5) is 17.2 Å². The van der Waals surface area contributed by atoms with E-state index in [0.29, 0.717) is 22.4 Å². The van der Waals surface area contributed by atoms with Crippen LogP contribution in [-0.4, -0.2) is 35.3 Å². The molecule has 0 aliphatic heterocycles. The third-order valence-corrected chi connectivity index (χ3v) is 4.78. The van der Waals surface area contributed by atoms with Crippen molar-refractivity contribution in [1.82, 2.24) is 4.98 Å². The number of methoxy groups -OCH3 is 2. The summed E-state index contributed by atoms with van der Waals surface area (Å²) in [6, 6.07) is 11.6. The standard InChI is InChI=1S/C23H20N6O7/c1-14-8-16(13-34-2)18(11-24)23(26-14)27-25-12-15-4-6-21(22(9-15)35-3)36-20-7-5-17(28(30)31)10-19(20)29(32)33/h4-10,12H,13H2,1-3H3,(H,26,27)/b25-12+. The maximum Gasteiger partial charge on any atom is 0.318 e. The molecule has 0 aliphatic rings. The smallest absolute Gasteiger partial charge is 0.318 e. The summed E-state index contributed by atoms with van der Waals surface area (Å²) in [6.45, 7) is 2.03. The Bertz CT molecular complexity index is 1380. The minimum Gasteiger partial charge on any atom is -0.493 e. The van der Waals surface area contributed by atoms with E-state index >= 15 is 0 Å². The van der Waals surface area contributed by atoms with Crippen molar-refractivity contribution in [3.05, 3.63) is 85.1 Å². The maximum absolute atomic E-state index is 11.4. The number of nitro groups is 2. The highest BCUT2D eigenvalue weighted by atomic mass is 16.6. The van der Waals surface area contributed by atoms with Gasteiger partial charge in [0.2, 0.25) is 5.75 Å². The average Bonchev–Trinajstić information content (AvgIpc) is 2.84. The van der Waals surface area contributed by atoms with Gasteiger partial charge in [0.05, 0.1) is 35.8 Å². The van der Waals surface area contributed by atoms with Crippen molar-refractivity contribution in [2.45, 2.75) is 13.5 Å². The topological polar surface area (TPSA) is 175 Å². The molecule has 0 unspecified atom stereocenters.